The summed E-state index contributed by atoms with van der Waals surface area (Å²) in [6.45, 7) is -0.975. The SMILES string of the molecule is O=C(O)C(O)C(=O)O.OCCNc1c(I)c(C(CO)CO)c(I)c(C(CO)CO)c1I.OCCNc1c(I)c(C(CO)CO)c(I)c(C(CO)CO)c1I. The van der Waals surface area contributed by atoms with E-state index in [9.17, 15) is 50.4 Å². The van der Waals surface area contributed by atoms with Gasteiger partial charge in [0.1, 0.15) is 0 Å². The summed E-state index contributed by atoms with van der Waals surface area (Å²) in [5.41, 5.74) is 4.73. The molecular formula is C31H44I6N2O15. The fraction of sp³-hybridized carbons (Fsp3) is 0.548. The Bertz CT molecular complexity index is 1290. The number of anilines is 2. The topological polar surface area (TPSA) is 321 Å². The summed E-state index contributed by atoms with van der Waals surface area (Å²) >= 11 is 12.9. The Balaban J connectivity index is 0.000000867. The highest BCUT2D eigenvalue weighted by molar-refractivity contribution is 14.1. The van der Waals surface area contributed by atoms with Crippen molar-refractivity contribution in [1.29, 1.82) is 0 Å². The molecule has 310 valence electrons. The second-order valence-electron chi connectivity index (χ2n) is 10.9. The molecule has 0 aliphatic heterocycles. The Morgan fingerprint density at radius 2 is 0.630 bits per heavy atom. The summed E-state index contributed by atoms with van der Waals surface area (Å²) in [5, 5.41) is 125. The summed E-state index contributed by atoms with van der Waals surface area (Å²) in [7, 11) is 0. The zero-order valence-corrected chi connectivity index (χ0v) is 41.2. The maximum absolute atomic E-state index is 9.58. The van der Waals surface area contributed by atoms with Crippen LogP contribution in [0, 0.1) is 21.4 Å². The lowest BCUT2D eigenvalue weighted by atomic mass is 9.92. The van der Waals surface area contributed by atoms with E-state index in [2.05, 4.69) is 146 Å². The molecule has 2 aromatic rings. The largest absolute Gasteiger partial charge is 0.479 e. The average molecular weight is 1450 g/mol. The third-order valence-corrected chi connectivity index (χ3v) is 14.3. The van der Waals surface area contributed by atoms with E-state index in [-0.39, 0.29) is 66.1 Å². The Hall–Kier alpha value is 0.920. The van der Waals surface area contributed by atoms with E-state index in [0.29, 0.717) is 13.1 Å². The quantitative estimate of drug-likeness (QED) is 0.0638. The number of nitrogens with one attached hydrogen (secondary N) is 2. The summed E-state index contributed by atoms with van der Waals surface area (Å²) < 4.78 is 5.08. The normalized spacial score (nSPS) is 11.2. The van der Waals surface area contributed by atoms with E-state index in [1.807, 2.05) is 0 Å². The summed E-state index contributed by atoms with van der Waals surface area (Å²) in [4.78, 5) is 19.0. The van der Waals surface area contributed by atoms with Crippen molar-refractivity contribution in [2.75, 3.05) is 89.8 Å². The van der Waals surface area contributed by atoms with Crippen LogP contribution in [0.25, 0.3) is 0 Å². The van der Waals surface area contributed by atoms with Gasteiger partial charge >= 0.3 is 11.9 Å². The van der Waals surface area contributed by atoms with Crippen LogP contribution in [0.5, 0.6) is 0 Å². The van der Waals surface area contributed by atoms with Crippen molar-refractivity contribution >= 4 is 159 Å². The van der Waals surface area contributed by atoms with Crippen LogP contribution in [0.4, 0.5) is 11.4 Å². The van der Waals surface area contributed by atoms with Gasteiger partial charge in [-0.2, -0.15) is 0 Å². The lowest BCUT2D eigenvalue weighted by Crippen LogP contribution is -2.28. The smallest absolute Gasteiger partial charge is 0.344 e. The molecule has 54 heavy (non-hydrogen) atoms. The molecule has 0 unspecified atom stereocenters. The van der Waals surface area contributed by atoms with Gasteiger partial charge in [0.05, 0.1) is 77.4 Å². The molecule has 0 radical (unpaired) electrons. The molecule has 0 atom stereocenters. The second kappa shape index (κ2) is 29.2. The van der Waals surface area contributed by atoms with E-state index >= 15 is 0 Å². The summed E-state index contributed by atoms with van der Waals surface area (Å²) in [5.74, 6) is -5.29. The maximum Gasteiger partial charge on any atom is 0.344 e. The fourth-order valence-corrected chi connectivity index (χ4v) is 15.2. The summed E-state index contributed by atoms with van der Waals surface area (Å²) in [6, 6.07) is 0. The predicted molar refractivity (Wildman–Crippen MR) is 249 cm³/mol. The van der Waals surface area contributed by atoms with Crippen molar-refractivity contribution in [1.82, 2.24) is 0 Å². The summed E-state index contributed by atoms with van der Waals surface area (Å²) in [6.07, 6.45) is -2.30. The van der Waals surface area contributed by atoms with Crippen molar-refractivity contribution in [3.05, 3.63) is 43.7 Å². The lowest BCUT2D eigenvalue weighted by Gasteiger charge is -2.26. The third-order valence-electron chi connectivity index (χ3n) is 7.46. The standard InChI is InChI=1S/2C14H20I3NO5.C3H4O5/c2*15-11-9(7(3-20)4-21)12(16)14(18-1-2-19)13(17)10(11)8(5-22)6-23;4-1(2(5)6)3(7)8/h2*7-8,18-23H,1-6H2;1,4H,(H,5,6)(H,7,8). The number of carbonyl (C=O) groups is 2. The molecule has 0 saturated carbocycles. The van der Waals surface area contributed by atoms with Gasteiger partial charge in [0, 0.05) is 58.2 Å². The maximum atomic E-state index is 9.58. The molecule has 2 aromatic carbocycles. The number of aliphatic hydroxyl groups excluding tert-OH is 11. The molecule has 0 aliphatic rings. The molecule has 17 nitrogen and oxygen atoms in total. The van der Waals surface area contributed by atoms with Crippen LogP contribution >= 0.6 is 136 Å². The van der Waals surface area contributed by atoms with Crippen molar-refractivity contribution in [3.8, 4) is 0 Å². The molecule has 0 saturated heterocycles. The van der Waals surface area contributed by atoms with Gasteiger partial charge in [0.15, 0.2) is 0 Å². The van der Waals surface area contributed by atoms with Crippen molar-refractivity contribution in [2.45, 2.75) is 29.8 Å². The molecule has 15 N–H and O–H groups in total. The number of carboxylic acids is 2. The minimum atomic E-state index is -2.30. The lowest BCUT2D eigenvalue weighted by molar-refractivity contribution is -0.161. The first-order chi connectivity index (χ1) is 25.5. The van der Waals surface area contributed by atoms with Gasteiger partial charge in [0.2, 0.25) is 6.10 Å². The van der Waals surface area contributed by atoms with Crippen LogP contribution in [0.3, 0.4) is 0 Å². The predicted octanol–water partition coefficient (Wildman–Crippen LogP) is 0.599. The third kappa shape index (κ3) is 15.2. The van der Waals surface area contributed by atoms with Gasteiger partial charge in [-0.25, -0.2) is 9.59 Å². The molecule has 2 rings (SSSR count). The van der Waals surface area contributed by atoms with E-state index in [1.165, 1.54) is 0 Å². The van der Waals surface area contributed by atoms with Crippen molar-refractivity contribution in [2.24, 2.45) is 0 Å². The highest BCUT2D eigenvalue weighted by atomic mass is 127. The first-order valence-corrected chi connectivity index (χ1v) is 22.1. The van der Waals surface area contributed by atoms with Crippen molar-refractivity contribution < 1.29 is 76.0 Å². The molecule has 0 amide bonds. The van der Waals surface area contributed by atoms with Gasteiger partial charge in [-0.05, 0) is 158 Å². The van der Waals surface area contributed by atoms with E-state index in [0.717, 1.165) is 55.0 Å². The minimum absolute atomic E-state index is 0.0321. The van der Waals surface area contributed by atoms with Crippen LogP contribution < -0.4 is 10.6 Å². The van der Waals surface area contributed by atoms with Gasteiger partial charge < -0.3 is 77.0 Å². The number of carboxylic acid groups (broad SMARTS) is 2. The molecule has 0 aliphatic carbocycles. The zero-order valence-electron chi connectivity index (χ0n) is 28.3. The number of aliphatic carboxylic acids is 2. The van der Waals surface area contributed by atoms with Gasteiger partial charge in [-0.3, -0.25) is 0 Å². The van der Waals surface area contributed by atoms with Crippen LogP contribution in [0.1, 0.15) is 45.9 Å². The Kier molecular flexibility index (Phi) is 29.7. The zero-order chi connectivity index (χ0) is 41.9. The molecule has 23 heteroatoms. The number of rotatable bonds is 20. The van der Waals surface area contributed by atoms with E-state index in [4.69, 9.17) is 25.5 Å². The minimum Gasteiger partial charge on any atom is -0.479 e. The number of halogens is 6. The van der Waals surface area contributed by atoms with E-state index in [1.54, 1.807) is 0 Å². The molecule has 0 heterocycles. The van der Waals surface area contributed by atoms with Crippen LogP contribution in [-0.2, 0) is 9.59 Å². The van der Waals surface area contributed by atoms with Crippen LogP contribution in [-0.4, -0.2) is 164 Å². The molecule has 0 spiro atoms. The second-order valence-corrected chi connectivity index (χ2v) is 17.4. The molecular weight excluding hydrogens is 1400 g/mol. The van der Waals surface area contributed by atoms with Crippen LogP contribution in [0.2, 0.25) is 0 Å². The Labute approximate surface area is 393 Å². The Morgan fingerprint density at radius 3 is 0.759 bits per heavy atom. The number of hydrogen-bond donors (Lipinski definition) is 15. The number of aliphatic hydroxyl groups is 11. The molecule has 0 bridgehead atoms. The van der Waals surface area contributed by atoms with E-state index < -0.39 is 41.7 Å². The fourth-order valence-electron chi connectivity index (χ4n) is 4.58. The van der Waals surface area contributed by atoms with Gasteiger partial charge in [-0.1, -0.05) is 0 Å². The first kappa shape index (κ1) is 54.9. The number of benzene rings is 2. The van der Waals surface area contributed by atoms with Gasteiger partial charge in [0.25, 0.3) is 0 Å². The highest BCUT2D eigenvalue weighted by Gasteiger charge is 2.30. The van der Waals surface area contributed by atoms with Crippen LogP contribution in [0.15, 0.2) is 0 Å². The molecule has 0 fully saturated rings. The van der Waals surface area contributed by atoms with Crippen molar-refractivity contribution in [3.63, 3.8) is 0 Å². The average Bonchev–Trinajstić information content (AvgIpc) is 3.15. The number of hydrogen-bond acceptors (Lipinski definition) is 15. The molecule has 0 aromatic heterocycles. The first-order valence-electron chi connectivity index (χ1n) is 15.6. The van der Waals surface area contributed by atoms with Gasteiger partial charge in [-0.15, -0.1) is 0 Å². The monoisotopic (exact) mass is 1450 g/mol. The highest BCUT2D eigenvalue weighted by Crippen LogP contribution is 2.43. The Morgan fingerprint density at radius 1 is 0.426 bits per heavy atom.